The third-order valence-electron chi connectivity index (χ3n) is 5.40. The minimum Gasteiger partial charge on any atom is -0.393 e. The second-order valence-electron chi connectivity index (χ2n) is 7.79. The van der Waals surface area contributed by atoms with Crippen LogP contribution in [0.5, 0.6) is 0 Å². The van der Waals surface area contributed by atoms with E-state index in [9.17, 15) is 9.90 Å². The smallest absolute Gasteiger partial charge is 0.273 e. The molecular weight excluding hydrogens is 378 g/mol. The fraction of sp³-hybridized carbons (Fsp3) is 0.348. The summed E-state index contributed by atoms with van der Waals surface area (Å²) in [6.07, 6.45) is 3.22. The Labute approximate surface area is 176 Å². The second-order valence-corrected chi connectivity index (χ2v) is 7.79. The van der Waals surface area contributed by atoms with Gasteiger partial charge in [-0.3, -0.25) is 9.69 Å². The van der Waals surface area contributed by atoms with Crippen molar-refractivity contribution >= 4 is 5.91 Å². The normalized spacial score (nSPS) is 15.2. The van der Waals surface area contributed by atoms with Crippen molar-refractivity contribution in [3.63, 3.8) is 0 Å². The van der Waals surface area contributed by atoms with Gasteiger partial charge in [0.1, 0.15) is 0 Å². The summed E-state index contributed by atoms with van der Waals surface area (Å²) in [4.78, 5) is 14.7. The van der Waals surface area contributed by atoms with Crippen LogP contribution in [0.4, 0.5) is 0 Å². The Morgan fingerprint density at radius 3 is 2.37 bits per heavy atom. The van der Waals surface area contributed by atoms with E-state index in [1.54, 1.807) is 10.9 Å². The Morgan fingerprint density at radius 2 is 1.63 bits per heavy atom. The average Bonchev–Trinajstić information content (AvgIpc) is 3.24. The van der Waals surface area contributed by atoms with Crippen LogP contribution < -0.4 is 5.32 Å². The summed E-state index contributed by atoms with van der Waals surface area (Å²) in [5.74, 6) is -0.231. The second kappa shape index (κ2) is 9.65. The number of piperidine rings is 1. The monoisotopic (exact) mass is 405 g/mol. The van der Waals surface area contributed by atoms with Gasteiger partial charge in [0, 0.05) is 26.2 Å². The molecular formula is C23H27N5O2. The SMILES string of the molecule is O=C(NCc1ccc(CN2CCC(O)CC2)cc1)c1cn(Cc2ccccc2)nn1. The van der Waals surface area contributed by atoms with E-state index in [1.165, 1.54) is 5.56 Å². The number of aromatic nitrogens is 3. The quantitative estimate of drug-likeness (QED) is 0.630. The molecule has 156 valence electrons. The molecule has 1 aliphatic heterocycles. The zero-order chi connectivity index (χ0) is 20.8. The zero-order valence-electron chi connectivity index (χ0n) is 16.9. The fourth-order valence-corrected chi connectivity index (χ4v) is 3.62. The number of aliphatic hydroxyl groups excluding tert-OH is 1. The number of carbonyl (C=O) groups excluding carboxylic acids is 1. The number of rotatable bonds is 7. The van der Waals surface area contributed by atoms with E-state index in [2.05, 4.69) is 32.7 Å². The van der Waals surface area contributed by atoms with Crippen molar-refractivity contribution in [2.75, 3.05) is 13.1 Å². The lowest BCUT2D eigenvalue weighted by atomic mass is 10.1. The molecule has 1 aromatic heterocycles. The minimum absolute atomic E-state index is 0.146. The van der Waals surface area contributed by atoms with Gasteiger partial charge in [0.05, 0.1) is 18.8 Å². The van der Waals surface area contributed by atoms with Crippen molar-refractivity contribution < 1.29 is 9.90 Å². The molecule has 0 radical (unpaired) electrons. The summed E-state index contributed by atoms with van der Waals surface area (Å²) >= 11 is 0. The zero-order valence-corrected chi connectivity index (χ0v) is 16.9. The number of benzene rings is 2. The van der Waals surface area contributed by atoms with E-state index < -0.39 is 0 Å². The Morgan fingerprint density at radius 1 is 0.967 bits per heavy atom. The summed E-state index contributed by atoms with van der Waals surface area (Å²) < 4.78 is 1.67. The molecule has 1 saturated heterocycles. The van der Waals surface area contributed by atoms with Gasteiger partial charge in [-0.2, -0.15) is 0 Å². The standard InChI is InChI=1S/C23H27N5O2/c29-21-10-12-27(13-11-21)15-20-8-6-18(7-9-20)14-24-23(30)22-17-28(26-25-22)16-19-4-2-1-3-5-19/h1-9,17,21,29H,10-16H2,(H,24,30). The highest BCUT2D eigenvalue weighted by atomic mass is 16.3. The Bertz CT molecular complexity index is 947. The number of carbonyl (C=O) groups is 1. The van der Waals surface area contributed by atoms with Crippen molar-refractivity contribution in [2.45, 2.75) is 38.6 Å². The molecule has 2 aromatic carbocycles. The van der Waals surface area contributed by atoms with Gasteiger partial charge >= 0.3 is 0 Å². The Balaban J connectivity index is 1.26. The predicted octanol–water partition coefficient (Wildman–Crippen LogP) is 2.21. The third-order valence-corrected chi connectivity index (χ3v) is 5.40. The molecule has 7 heteroatoms. The van der Waals surface area contributed by atoms with E-state index in [0.717, 1.165) is 43.6 Å². The lowest BCUT2D eigenvalue weighted by Gasteiger charge is -2.29. The fourth-order valence-electron chi connectivity index (χ4n) is 3.62. The molecule has 1 amide bonds. The maximum absolute atomic E-state index is 12.4. The van der Waals surface area contributed by atoms with Crippen molar-refractivity contribution in [1.29, 1.82) is 0 Å². The van der Waals surface area contributed by atoms with E-state index >= 15 is 0 Å². The van der Waals surface area contributed by atoms with Crippen molar-refractivity contribution in [1.82, 2.24) is 25.2 Å². The molecule has 0 bridgehead atoms. The average molecular weight is 406 g/mol. The van der Waals surface area contributed by atoms with E-state index in [0.29, 0.717) is 18.8 Å². The maximum Gasteiger partial charge on any atom is 0.273 e. The van der Waals surface area contributed by atoms with E-state index in [1.807, 2.05) is 42.5 Å². The van der Waals surface area contributed by atoms with Gasteiger partial charge in [-0.25, -0.2) is 4.68 Å². The number of nitrogens with zero attached hydrogens (tertiary/aromatic N) is 4. The van der Waals surface area contributed by atoms with Crippen LogP contribution in [0.1, 0.15) is 40.0 Å². The largest absolute Gasteiger partial charge is 0.393 e. The lowest BCUT2D eigenvalue weighted by molar-refractivity contribution is 0.0792. The van der Waals surface area contributed by atoms with Crippen LogP contribution in [0, 0.1) is 0 Å². The number of hydrogen-bond donors (Lipinski definition) is 2. The van der Waals surface area contributed by atoms with E-state index in [-0.39, 0.29) is 12.0 Å². The molecule has 0 atom stereocenters. The van der Waals surface area contributed by atoms with Crippen LogP contribution in [0.2, 0.25) is 0 Å². The predicted molar refractivity (Wildman–Crippen MR) is 114 cm³/mol. The molecule has 30 heavy (non-hydrogen) atoms. The van der Waals surface area contributed by atoms with E-state index in [4.69, 9.17) is 0 Å². The van der Waals surface area contributed by atoms with Crippen molar-refractivity contribution in [3.8, 4) is 0 Å². The lowest BCUT2D eigenvalue weighted by Crippen LogP contribution is -2.35. The van der Waals surface area contributed by atoms with Crippen LogP contribution in [-0.2, 0) is 19.6 Å². The highest BCUT2D eigenvalue weighted by molar-refractivity contribution is 5.91. The van der Waals surface area contributed by atoms with Gasteiger partial charge < -0.3 is 10.4 Å². The summed E-state index contributed by atoms with van der Waals surface area (Å²) in [7, 11) is 0. The summed E-state index contributed by atoms with van der Waals surface area (Å²) in [6.45, 7) is 3.79. The number of likely N-dealkylation sites (tertiary alicyclic amines) is 1. The molecule has 2 N–H and O–H groups in total. The third kappa shape index (κ3) is 5.52. The molecule has 2 heterocycles. The molecule has 1 aliphatic rings. The van der Waals surface area contributed by atoms with Gasteiger partial charge in [0.2, 0.25) is 0 Å². The number of aliphatic hydroxyl groups is 1. The molecule has 1 fully saturated rings. The number of nitrogens with one attached hydrogen (secondary N) is 1. The van der Waals surface area contributed by atoms with Crippen molar-refractivity contribution in [3.05, 3.63) is 83.2 Å². The number of hydrogen-bond acceptors (Lipinski definition) is 5. The summed E-state index contributed by atoms with van der Waals surface area (Å²) in [5.41, 5.74) is 3.70. The maximum atomic E-state index is 12.4. The van der Waals surface area contributed by atoms with Crippen LogP contribution in [0.15, 0.2) is 60.8 Å². The van der Waals surface area contributed by atoms with Crippen LogP contribution in [0.3, 0.4) is 0 Å². The highest BCUT2D eigenvalue weighted by Crippen LogP contribution is 2.14. The van der Waals surface area contributed by atoms with Gasteiger partial charge in [0.15, 0.2) is 5.69 Å². The minimum atomic E-state index is -0.231. The first-order valence-corrected chi connectivity index (χ1v) is 10.4. The molecule has 0 spiro atoms. The molecule has 7 nitrogen and oxygen atoms in total. The van der Waals surface area contributed by atoms with Crippen LogP contribution in [0.25, 0.3) is 0 Å². The Kier molecular flexibility index (Phi) is 6.51. The molecule has 3 aromatic rings. The first kappa shape index (κ1) is 20.3. The molecule has 0 aliphatic carbocycles. The molecule has 0 unspecified atom stereocenters. The van der Waals surface area contributed by atoms with Gasteiger partial charge in [-0.15, -0.1) is 5.10 Å². The molecule has 0 saturated carbocycles. The topological polar surface area (TPSA) is 83.3 Å². The van der Waals surface area contributed by atoms with Crippen LogP contribution in [-0.4, -0.2) is 50.1 Å². The summed E-state index contributed by atoms with van der Waals surface area (Å²) in [5, 5.41) is 20.5. The van der Waals surface area contributed by atoms with Gasteiger partial charge in [0.25, 0.3) is 5.91 Å². The Hall–Kier alpha value is -3.03. The van der Waals surface area contributed by atoms with Crippen molar-refractivity contribution in [2.24, 2.45) is 0 Å². The molecule has 4 rings (SSSR count). The first-order chi connectivity index (χ1) is 14.7. The highest BCUT2D eigenvalue weighted by Gasteiger charge is 2.17. The van der Waals surface area contributed by atoms with Gasteiger partial charge in [-0.05, 0) is 29.5 Å². The first-order valence-electron chi connectivity index (χ1n) is 10.4. The number of amides is 1. The van der Waals surface area contributed by atoms with Gasteiger partial charge in [-0.1, -0.05) is 59.8 Å². The summed E-state index contributed by atoms with van der Waals surface area (Å²) in [6, 6.07) is 18.2. The van der Waals surface area contributed by atoms with Crippen LogP contribution >= 0.6 is 0 Å².